The number of esters is 1. The van der Waals surface area contributed by atoms with Crippen LogP contribution in [0.4, 0.5) is 10.5 Å². The number of ether oxygens (including phenoxy) is 2. The molecule has 8 nitrogen and oxygen atoms in total. The molecule has 1 aliphatic heterocycles. The van der Waals surface area contributed by atoms with E-state index in [-0.39, 0.29) is 23.7 Å². The summed E-state index contributed by atoms with van der Waals surface area (Å²) in [6, 6.07) is 5.28. The van der Waals surface area contributed by atoms with Gasteiger partial charge in [-0.1, -0.05) is 13.8 Å². The fourth-order valence-electron chi connectivity index (χ4n) is 3.21. The summed E-state index contributed by atoms with van der Waals surface area (Å²) in [7, 11) is 0. The SMILES string of the molecule is CC(C)C[C@@H]1CN(C(=O)OC(C)(C)C)C[C@@H]1OC(=O)c1ccc([N+](=O)[O-])cc1. The molecule has 0 unspecified atom stereocenters. The first kappa shape index (κ1) is 21.7. The molecule has 1 aliphatic rings. The maximum Gasteiger partial charge on any atom is 0.410 e. The molecular formula is C20H28N2O6. The van der Waals surface area contributed by atoms with Gasteiger partial charge in [0.15, 0.2) is 0 Å². The fourth-order valence-corrected chi connectivity index (χ4v) is 3.21. The second-order valence-electron chi connectivity index (χ2n) is 8.52. The van der Waals surface area contributed by atoms with E-state index in [1.807, 2.05) is 0 Å². The van der Waals surface area contributed by atoms with E-state index in [9.17, 15) is 19.7 Å². The predicted molar refractivity (Wildman–Crippen MR) is 103 cm³/mol. The number of hydrogen-bond acceptors (Lipinski definition) is 6. The van der Waals surface area contributed by atoms with Gasteiger partial charge in [-0.05, 0) is 45.2 Å². The summed E-state index contributed by atoms with van der Waals surface area (Å²) in [5.74, 6) is -0.168. The van der Waals surface area contributed by atoms with Crippen LogP contribution in [0.2, 0.25) is 0 Å². The lowest BCUT2D eigenvalue weighted by Gasteiger charge is -2.24. The van der Waals surface area contributed by atoms with Crippen molar-refractivity contribution in [3.63, 3.8) is 0 Å². The molecule has 1 aromatic rings. The topological polar surface area (TPSA) is 99.0 Å². The van der Waals surface area contributed by atoms with E-state index in [2.05, 4.69) is 13.8 Å². The number of nitro benzene ring substituents is 1. The summed E-state index contributed by atoms with van der Waals surface area (Å²) >= 11 is 0. The molecule has 154 valence electrons. The zero-order valence-electron chi connectivity index (χ0n) is 17.0. The molecule has 1 heterocycles. The van der Waals surface area contributed by atoms with Gasteiger partial charge in [-0.25, -0.2) is 9.59 Å². The number of rotatable bonds is 5. The molecule has 2 atom stereocenters. The molecule has 1 aromatic carbocycles. The van der Waals surface area contributed by atoms with Crippen LogP contribution in [0.3, 0.4) is 0 Å². The summed E-state index contributed by atoms with van der Waals surface area (Å²) in [5.41, 5.74) is -0.450. The van der Waals surface area contributed by atoms with Gasteiger partial charge < -0.3 is 14.4 Å². The monoisotopic (exact) mass is 392 g/mol. The van der Waals surface area contributed by atoms with Gasteiger partial charge in [0.25, 0.3) is 5.69 Å². The third kappa shape index (κ3) is 5.94. The first-order chi connectivity index (χ1) is 13.0. The smallest absolute Gasteiger partial charge is 0.410 e. The Morgan fingerprint density at radius 3 is 2.32 bits per heavy atom. The fraction of sp³-hybridized carbons (Fsp3) is 0.600. The Balaban J connectivity index is 2.08. The molecule has 2 rings (SSSR count). The molecule has 0 aromatic heterocycles. The summed E-state index contributed by atoms with van der Waals surface area (Å²) in [6.45, 7) is 10.3. The Labute approximate surface area is 164 Å². The van der Waals surface area contributed by atoms with E-state index in [0.717, 1.165) is 6.42 Å². The lowest BCUT2D eigenvalue weighted by Crippen LogP contribution is -2.36. The number of benzene rings is 1. The maximum atomic E-state index is 12.5. The van der Waals surface area contributed by atoms with E-state index in [1.165, 1.54) is 24.3 Å². The third-order valence-corrected chi connectivity index (χ3v) is 4.38. The van der Waals surface area contributed by atoms with Crippen molar-refractivity contribution in [2.24, 2.45) is 11.8 Å². The molecule has 8 heteroatoms. The molecule has 0 N–H and O–H groups in total. The minimum absolute atomic E-state index is 0.00881. The van der Waals surface area contributed by atoms with Gasteiger partial charge in [-0.3, -0.25) is 10.1 Å². The zero-order chi connectivity index (χ0) is 21.1. The number of likely N-dealkylation sites (tertiary alicyclic amines) is 1. The highest BCUT2D eigenvalue weighted by Crippen LogP contribution is 2.28. The van der Waals surface area contributed by atoms with Gasteiger partial charge in [0, 0.05) is 24.6 Å². The lowest BCUT2D eigenvalue weighted by molar-refractivity contribution is -0.384. The summed E-state index contributed by atoms with van der Waals surface area (Å²) in [4.78, 5) is 36.7. The molecule has 0 spiro atoms. The lowest BCUT2D eigenvalue weighted by atomic mass is 9.94. The Hall–Kier alpha value is -2.64. The maximum absolute atomic E-state index is 12.5. The highest BCUT2D eigenvalue weighted by Gasteiger charge is 2.39. The Morgan fingerprint density at radius 1 is 1.21 bits per heavy atom. The van der Waals surface area contributed by atoms with E-state index in [1.54, 1.807) is 25.7 Å². The van der Waals surface area contributed by atoms with Crippen molar-refractivity contribution in [3.8, 4) is 0 Å². The van der Waals surface area contributed by atoms with Gasteiger partial charge in [0.05, 0.1) is 17.0 Å². The van der Waals surface area contributed by atoms with Crippen molar-refractivity contribution in [3.05, 3.63) is 39.9 Å². The van der Waals surface area contributed by atoms with E-state index >= 15 is 0 Å². The van der Waals surface area contributed by atoms with Gasteiger partial charge in [0.2, 0.25) is 0 Å². The van der Waals surface area contributed by atoms with Crippen molar-refractivity contribution in [2.45, 2.75) is 52.7 Å². The Kier molecular flexibility index (Phi) is 6.64. The predicted octanol–water partition coefficient (Wildman–Crippen LogP) is 4.03. The minimum Gasteiger partial charge on any atom is -0.457 e. The number of hydrogen-bond donors (Lipinski definition) is 0. The number of amides is 1. The van der Waals surface area contributed by atoms with Crippen LogP contribution >= 0.6 is 0 Å². The molecule has 1 saturated heterocycles. The second kappa shape index (κ2) is 8.58. The standard InChI is InChI=1S/C20H28N2O6/c1-13(2)10-15-11-21(19(24)28-20(3,4)5)12-17(15)27-18(23)14-6-8-16(9-7-14)22(25)26/h6-9,13,15,17H,10-12H2,1-5H3/t15-,17+/m1/s1. The molecule has 28 heavy (non-hydrogen) atoms. The summed E-state index contributed by atoms with van der Waals surface area (Å²) in [5, 5.41) is 10.7. The average molecular weight is 392 g/mol. The molecular weight excluding hydrogens is 364 g/mol. The summed E-state index contributed by atoms with van der Waals surface area (Å²) < 4.78 is 11.1. The van der Waals surface area contributed by atoms with Crippen molar-refractivity contribution in [1.29, 1.82) is 0 Å². The average Bonchev–Trinajstić information content (AvgIpc) is 2.95. The Bertz CT molecular complexity index is 723. The van der Waals surface area contributed by atoms with Gasteiger partial charge >= 0.3 is 12.1 Å². The molecule has 0 saturated carbocycles. The first-order valence-electron chi connectivity index (χ1n) is 9.39. The van der Waals surface area contributed by atoms with Crippen LogP contribution < -0.4 is 0 Å². The van der Waals surface area contributed by atoms with Crippen LogP contribution in [0.1, 0.15) is 51.4 Å². The first-order valence-corrected chi connectivity index (χ1v) is 9.39. The number of nitro groups is 1. The Morgan fingerprint density at radius 2 is 1.82 bits per heavy atom. The number of non-ortho nitro benzene ring substituents is 1. The number of nitrogens with zero attached hydrogens (tertiary/aromatic N) is 2. The van der Waals surface area contributed by atoms with Gasteiger partial charge in [0.1, 0.15) is 11.7 Å². The summed E-state index contributed by atoms with van der Waals surface area (Å²) in [6.07, 6.45) is -0.0647. The largest absolute Gasteiger partial charge is 0.457 e. The molecule has 0 bridgehead atoms. The van der Waals surface area contributed by atoms with Crippen LogP contribution in [-0.2, 0) is 9.47 Å². The normalized spacial score (nSPS) is 19.6. The zero-order valence-corrected chi connectivity index (χ0v) is 17.0. The number of carbonyl (C=O) groups excluding carboxylic acids is 2. The molecule has 0 aliphatic carbocycles. The van der Waals surface area contributed by atoms with Crippen molar-refractivity contribution < 1.29 is 24.0 Å². The highest BCUT2D eigenvalue weighted by atomic mass is 16.6. The molecule has 0 radical (unpaired) electrons. The van der Waals surface area contributed by atoms with Crippen LogP contribution in [0.15, 0.2) is 24.3 Å². The quantitative estimate of drug-likeness (QED) is 0.426. The third-order valence-electron chi connectivity index (χ3n) is 4.38. The van der Waals surface area contributed by atoms with Crippen LogP contribution in [0.5, 0.6) is 0 Å². The molecule has 1 amide bonds. The number of carbonyl (C=O) groups is 2. The van der Waals surface area contributed by atoms with E-state index in [4.69, 9.17) is 9.47 Å². The van der Waals surface area contributed by atoms with Crippen LogP contribution in [-0.4, -0.2) is 46.7 Å². The minimum atomic E-state index is -0.599. The van der Waals surface area contributed by atoms with Gasteiger partial charge in [-0.2, -0.15) is 0 Å². The van der Waals surface area contributed by atoms with E-state index < -0.39 is 28.7 Å². The van der Waals surface area contributed by atoms with Crippen LogP contribution in [0, 0.1) is 22.0 Å². The van der Waals surface area contributed by atoms with E-state index in [0.29, 0.717) is 12.5 Å². The van der Waals surface area contributed by atoms with Gasteiger partial charge in [-0.15, -0.1) is 0 Å². The van der Waals surface area contributed by atoms with Crippen molar-refractivity contribution >= 4 is 17.7 Å². The van der Waals surface area contributed by atoms with Crippen molar-refractivity contribution in [1.82, 2.24) is 4.90 Å². The molecule has 1 fully saturated rings. The second-order valence-corrected chi connectivity index (χ2v) is 8.52. The van der Waals surface area contributed by atoms with Crippen LogP contribution in [0.25, 0.3) is 0 Å². The highest BCUT2D eigenvalue weighted by molar-refractivity contribution is 5.89. The van der Waals surface area contributed by atoms with Crippen molar-refractivity contribution in [2.75, 3.05) is 13.1 Å².